The lowest BCUT2D eigenvalue weighted by Crippen LogP contribution is -2.33. The standard InChI is InChI=1S/C13H12FN5O2S/c14-11-4-3-10(6-9(11)7-15)22(20,21)18-12-2-1-5-19-13(12)16-8-17-19/h3-4,6,8,12,18H,1-2,5H2/t12-/m1/s1. The minimum Gasteiger partial charge on any atom is -0.248 e. The van der Waals surface area contributed by atoms with Crippen LogP contribution in [0.15, 0.2) is 29.4 Å². The lowest BCUT2D eigenvalue weighted by molar-refractivity contribution is 0.400. The summed E-state index contributed by atoms with van der Waals surface area (Å²) in [5.74, 6) is -0.198. The summed E-state index contributed by atoms with van der Waals surface area (Å²) in [6.07, 6.45) is 2.76. The Hall–Kier alpha value is -2.31. The van der Waals surface area contributed by atoms with Crippen molar-refractivity contribution in [2.24, 2.45) is 0 Å². The second-order valence-electron chi connectivity index (χ2n) is 4.91. The van der Waals surface area contributed by atoms with Gasteiger partial charge in [-0.1, -0.05) is 0 Å². The van der Waals surface area contributed by atoms with E-state index in [2.05, 4.69) is 14.8 Å². The minimum absolute atomic E-state index is 0.151. The Morgan fingerprint density at radius 1 is 1.45 bits per heavy atom. The van der Waals surface area contributed by atoms with Gasteiger partial charge in [-0.05, 0) is 31.0 Å². The molecule has 1 aromatic carbocycles. The molecule has 1 aliphatic heterocycles. The number of benzene rings is 1. The average molecular weight is 321 g/mol. The summed E-state index contributed by atoms with van der Waals surface area (Å²) >= 11 is 0. The number of hydrogen-bond acceptors (Lipinski definition) is 5. The first-order valence-electron chi connectivity index (χ1n) is 6.61. The Kier molecular flexibility index (Phi) is 3.64. The van der Waals surface area contributed by atoms with Crippen molar-refractivity contribution in [2.45, 2.75) is 30.3 Å². The molecular formula is C13H12FN5O2S. The van der Waals surface area contributed by atoms with E-state index in [9.17, 15) is 12.8 Å². The SMILES string of the molecule is N#Cc1cc(S(=O)(=O)N[C@@H]2CCCn3ncnc32)ccc1F. The molecule has 9 heteroatoms. The number of nitriles is 1. The highest BCUT2D eigenvalue weighted by Crippen LogP contribution is 2.25. The van der Waals surface area contributed by atoms with E-state index in [1.807, 2.05) is 0 Å². The van der Waals surface area contributed by atoms with Gasteiger partial charge >= 0.3 is 0 Å². The number of aryl methyl sites for hydroxylation is 1. The Labute approximate surface area is 126 Å². The van der Waals surface area contributed by atoms with Gasteiger partial charge < -0.3 is 0 Å². The van der Waals surface area contributed by atoms with E-state index in [1.54, 1.807) is 10.8 Å². The molecule has 0 saturated heterocycles. The van der Waals surface area contributed by atoms with Crippen molar-refractivity contribution in [3.63, 3.8) is 0 Å². The third kappa shape index (κ3) is 2.58. The van der Waals surface area contributed by atoms with Gasteiger partial charge in [0.25, 0.3) is 0 Å². The molecule has 0 fully saturated rings. The first-order valence-corrected chi connectivity index (χ1v) is 8.09. The zero-order valence-corrected chi connectivity index (χ0v) is 12.2. The molecule has 3 rings (SSSR count). The lowest BCUT2D eigenvalue weighted by Gasteiger charge is -2.23. The third-order valence-electron chi connectivity index (χ3n) is 3.49. The van der Waals surface area contributed by atoms with Crippen molar-refractivity contribution in [2.75, 3.05) is 0 Å². The van der Waals surface area contributed by atoms with E-state index < -0.39 is 21.9 Å². The summed E-state index contributed by atoms with van der Waals surface area (Å²) in [5, 5.41) is 12.8. The Morgan fingerprint density at radius 3 is 3.05 bits per heavy atom. The van der Waals surface area contributed by atoms with Crippen LogP contribution in [0.5, 0.6) is 0 Å². The molecule has 1 atom stereocenters. The van der Waals surface area contributed by atoms with Crippen LogP contribution in [0.1, 0.15) is 30.3 Å². The highest BCUT2D eigenvalue weighted by Gasteiger charge is 2.28. The summed E-state index contributed by atoms with van der Waals surface area (Å²) < 4.78 is 42.3. The monoisotopic (exact) mass is 321 g/mol. The molecule has 0 radical (unpaired) electrons. The molecule has 2 heterocycles. The molecule has 1 aliphatic rings. The number of hydrogen-bond donors (Lipinski definition) is 1. The molecule has 7 nitrogen and oxygen atoms in total. The van der Waals surface area contributed by atoms with E-state index >= 15 is 0 Å². The normalized spacial score (nSPS) is 17.7. The molecule has 114 valence electrons. The van der Waals surface area contributed by atoms with Gasteiger partial charge in [0.05, 0.1) is 16.5 Å². The van der Waals surface area contributed by atoms with E-state index in [4.69, 9.17) is 5.26 Å². The fourth-order valence-electron chi connectivity index (χ4n) is 2.41. The topological polar surface area (TPSA) is 101 Å². The molecule has 0 amide bonds. The molecule has 22 heavy (non-hydrogen) atoms. The second-order valence-corrected chi connectivity index (χ2v) is 6.62. The molecule has 2 aromatic rings. The van der Waals surface area contributed by atoms with Crippen LogP contribution >= 0.6 is 0 Å². The van der Waals surface area contributed by atoms with Crippen LogP contribution in [-0.2, 0) is 16.6 Å². The van der Waals surface area contributed by atoms with Crippen molar-refractivity contribution in [1.82, 2.24) is 19.5 Å². The van der Waals surface area contributed by atoms with Gasteiger partial charge in [-0.15, -0.1) is 0 Å². The summed E-state index contributed by atoms with van der Waals surface area (Å²) in [6.45, 7) is 0.697. The van der Waals surface area contributed by atoms with Crippen molar-refractivity contribution < 1.29 is 12.8 Å². The first kappa shape index (κ1) is 14.6. The van der Waals surface area contributed by atoms with Gasteiger partial charge in [0, 0.05) is 6.54 Å². The smallest absolute Gasteiger partial charge is 0.241 e. The van der Waals surface area contributed by atoms with Crippen LogP contribution in [-0.4, -0.2) is 23.2 Å². The van der Waals surface area contributed by atoms with Crippen molar-refractivity contribution >= 4 is 10.0 Å². The number of sulfonamides is 1. The number of nitrogens with zero attached hydrogens (tertiary/aromatic N) is 4. The summed E-state index contributed by atoms with van der Waals surface area (Å²) in [6, 6.07) is 4.26. The summed E-state index contributed by atoms with van der Waals surface area (Å²) in [7, 11) is -3.88. The van der Waals surface area contributed by atoms with Gasteiger partial charge in [-0.2, -0.15) is 10.4 Å². The molecule has 0 saturated carbocycles. The van der Waals surface area contributed by atoms with E-state index in [1.165, 1.54) is 6.33 Å². The summed E-state index contributed by atoms with van der Waals surface area (Å²) in [4.78, 5) is 3.93. The zero-order chi connectivity index (χ0) is 15.7. The summed E-state index contributed by atoms with van der Waals surface area (Å²) in [5.41, 5.74) is -0.310. The Bertz CT molecular complexity index is 856. The number of aromatic nitrogens is 3. The third-order valence-corrected chi connectivity index (χ3v) is 4.96. The van der Waals surface area contributed by atoms with Crippen LogP contribution in [0.2, 0.25) is 0 Å². The fraction of sp³-hybridized carbons (Fsp3) is 0.308. The van der Waals surface area contributed by atoms with Gasteiger partial charge in [-0.3, -0.25) is 0 Å². The van der Waals surface area contributed by atoms with Gasteiger partial charge in [0.15, 0.2) is 0 Å². The first-order chi connectivity index (χ1) is 10.5. The molecule has 0 bridgehead atoms. The van der Waals surface area contributed by atoms with Gasteiger partial charge in [0.2, 0.25) is 10.0 Å². The van der Waals surface area contributed by atoms with Crippen LogP contribution in [0.25, 0.3) is 0 Å². The molecule has 0 aliphatic carbocycles. The Morgan fingerprint density at radius 2 is 2.27 bits per heavy atom. The lowest BCUT2D eigenvalue weighted by atomic mass is 10.1. The molecule has 1 aromatic heterocycles. The maximum Gasteiger partial charge on any atom is 0.241 e. The second kappa shape index (κ2) is 5.47. The molecular weight excluding hydrogens is 309 g/mol. The fourth-order valence-corrected chi connectivity index (χ4v) is 3.67. The number of rotatable bonds is 3. The van der Waals surface area contributed by atoms with Crippen molar-refractivity contribution in [3.05, 3.63) is 41.7 Å². The largest absolute Gasteiger partial charge is 0.248 e. The number of fused-ring (bicyclic) bond motifs is 1. The predicted octanol–water partition coefficient (Wildman–Crippen LogP) is 1.10. The maximum atomic E-state index is 13.3. The zero-order valence-electron chi connectivity index (χ0n) is 11.4. The van der Waals surface area contributed by atoms with Gasteiger partial charge in [-0.25, -0.2) is 27.2 Å². The van der Waals surface area contributed by atoms with E-state index in [-0.39, 0.29) is 10.5 Å². The highest BCUT2D eigenvalue weighted by molar-refractivity contribution is 7.89. The molecule has 0 unspecified atom stereocenters. The molecule has 1 N–H and O–H groups in total. The van der Waals surface area contributed by atoms with Crippen LogP contribution in [0, 0.1) is 17.1 Å². The van der Waals surface area contributed by atoms with E-state index in [0.29, 0.717) is 18.8 Å². The average Bonchev–Trinajstić information content (AvgIpc) is 2.97. The van der Waals surface area contributed by atoms with Crippen LogP contribution in [0.3, 0.4) is 0 Å². The Balaban J connectivity index is 1.91. The highest BCUT2D eigenvalue weighted by atomic mass is 32.2. The van der Waals surface area contributed by atoms with Crippen molar-refractivity contribution in [3.8, 4) is 6.07 Å². The molecule has 0 spiro atoms. The quantitative estimate of drug-likeness (QED) is 0.912. The van der Waals surface area contributed by atoms with E-state index in [0.717, 1.165) is 24.6 Å². The van der Waals surface area contributed by atoms with Gasteiger partial charge in [0.1, 0.15) is 24.0 Å². The maximum absolute atomic E-state index is 13.3. The van der Waals surface area contributed by atoms with Crippen molar-refractivity contribution in [1.29, 1.82) is 5.26 Å². The number of halogens is 1. The van der Waals surface area contributed by atoms with Crippen LogP contribution in [0.4, 0.5) is 4.39 Å². The predicted molar refractivity (Wildman–Crippen MR) is 73.4 cm³/mol. The minimum atomic E-state index is -3.88. The van der Waals surface area contributed by atoms with Crippen LogP contribution < -0.4 is 4.72 Å². The number of nitrogens with one attached hydrogen (secondary N) is 1.